The minimum Gasteiger partial charge on any atom is -0.493 e. The zero-order chi connectivity index (χ0) is 22.2. The summed E-state index contributed by atoms with van der Waals surface area (Å²) in [6.07, 6.45) is 1.78. The monoisotopic (exact) mass is 436 g/mol. The molecule has 1 unspecified atom stereocenters. The maximum absolute atomic E-state index is 14.5. The van der Waals surface area contributed by atoms with E-state index in [0.717, 1.165) is 23.1 Å². The number of amides is 1. The predicted octanol–water partition coefficient (Wildman–Crippen LogP) is 3.14. The maximum Gasteiger partial charge on any atom is 0.253 e. The summed E-state index contributed by atoms with van der Waals surface area (Å²) in [6, 6.07) is 8.72. The summed E-state index contributed by atoms with van der Waals surface area (Å²) in [7, 11) is 1.55. The predicted molar refractivity (Wildman–Crippen MR) is 116 cm³/mol. The van der Waals surface area contributed by atoms with Crippen LogP contribution in [0.1, 0.15) is 33.9 Å². The van der Waals surface area contributed by atoms with E-state index < -0.39 is 5.82 Å². The quantitative estimate of drug-likeness (QED) is 0.481. The molecule has 3 heterocycles. The summed E-state index contributed by atoms with van der Waals surface area (Å²) >= 11 is 0. The maximum atomic E-state index is 14.5. The topological polar surface area (TPSA) is 123 Å². The van der Waals surface area contributed by atoms with Crippen molar-refractivity contribution in [3.05, 3.63) is 59.0 Å². The molecular weight excluding hydrogens is 415 g/mol. The average molecular weight is 436 g/mol. The van der Waals surface area contributed by atoms with E-state index >= 15 is 0 Å². The Bertz CT molecular complexity index is 1220. The molecule has 0 bridgehead atoms. The van der Waals surface area contributed by atoms with Crippen molar-refractivity contribution < 1.29 is 18.7 Å². The van der Waals surface area contributed by atoms with Gasteiger partial charge in [-0.3, -0.25) is 4.79 Å². The Hall–Kier alpha value is -3.92. The van der Waals surface area contributed by atoms with Gasteiger partial charge in [-0.1, -0.05) is 0 Å². The molecule has 5 rings (SSSR count). The Labute approximate surface area is 183 Å². The molecule has 0 fully saturated rings. The molecule has 3 aromatic rings. The van der Waals surface area contributed by atoms with Gasteiger partial charge >= 0.3 is 0 Å². The lowest BCUT2D eigenvalue weighted by molar-refractivity contribution is 0.0957. The number of carbonyl (C=O) groups excluding carboxylic acids is 1. The molecule has 1 aromatic heterocycles. The number of carbonyl (C=O) groups is 1. The molecule has 164 valence electrons. The van der Waals surface area contributed by atoms with Crippen molar-refractivity contribution in [2.75, 3.05) is 24.3 Å². The highest BCUT2D eigenvalue weighted by atomic mass is 19.1. The van der Waals surface area contributed by atoms with Gasteiger partial charge in [0.05, 0.1) is 24.1 Å². The molecule has 0 radical (unpaired) electrons. The van der Waals surface area contributed by atoms with Gasteiger partial charge in [0.15, 0.2) is 11.6 Å². The van der Waals surface area contributed by atoms with Gasteiger partial charge in [0.2, 0.25) is 5.95 Å². The first-order valence-electron chi connectivity index (χ1n) is 10.1. The highest BCUT2D eigenvalue weighted by Crippen LogP contribution is 2.37. The van der Waals surface area contributed by atoms with Crippen LogP contribution < -0.4 is 31.2 Å². The van der Waals surface area contributed by atoms with E-state index in [4.69, 9.17) is 15.2 Å². The first-order chi connectivity index (χ1) is 15.5. The lowest BCUT2D eigenvalue weighted by Gasteiger charge is -2.25. The molecule has 0 aliphatic carbocycles. The summed E-state index contributed by atoms with van der Waals surface area (Å²) in [5, 5.41) is 8.61. The molecule has 32 heavy (non-hydrogen) atoms. The van der Waals surface area contributed by atoms with Crippen molar-refractivity contribution >= 4 is 29.0 Å². The Morgan fingerprint density at radius 2 is 2.03 bits per heavy atom. The number of hydrogen-bond donors (Lipinski definition) is 4. The molecule has 5 N–H and O–H groups in total. The number of fused-ring (bicyclic) bond motifs is 2. The van der Waals surface area contributed by atoms with Crippen molar-refractivity contribution in [1.82, 2.24) is 15.3 Å². The van der Waals surface area contributed by atoms with Crippen molar-refractivity contribution in [3.8, 4) is 11.5 Å². The van der Waals surface area contributed by atoms with E-state index in [1.807, 2.05) is 6.07 Å². The van der Waals surface area contributed by atoms with Crippen molar-refractivity contribution in [2.24, 2.45) is 5.73 Å². The van der Waals surface area contributed by atoms with Gasteiger partial charge < -0.3 is 31.2 Å². The molecule has 1 amide bonds. The Morgan fingerprint density at radius 3 is 2.81 bits per heavy atom. The smallest absolute Gasteiger partial charge is 0.253 e. The second-order valence-electron chi connectivity index (χ2n) is 7.47. The number of rotatable bonds is 5. The molecule has 0 spiro atoms. The number of nitrogens with zero attached hydrogens (tertiary/aromatic N) is 2. The zero-order valence-corrected chi connectivity index (χ0v) is 17.2. The largest absolute Gasteiger partial charge is 0.493 e. The number of aromatic nitrogens is 2. The van der Waals surface area contributed by atoms with E-state index in [9.17, 15) is 9.18 Å². The number of hydrogen-bond acceptors (Lipinski definition) is 8. The third kappa shape index (κ3) is 3.54. The van der Waals surface area contributed by atoms with Crippen LogP contribution in [0.3, 0.4) is 0 Å². The number of nitrogens with one attached hydrogen (secondary N) is 3. The van der Waals surface area contributed by atoms with Gasteiger partial charge in [-0.25, -0.2) is 9.37 Å². The molecule has 0 saturated heterocycles. The summed E-state index contributed by atoms with van der Waals surface area (Å²) in [5.74, 6) is 0.628. The van der Waals surface area contributed by atoms with Crippen LogP contribution in [-0.2, 0) is 6.61 Å². The van der Waals surface area contributed by atoms with Gasteiger partial charge in [-0.15, -0.1) is 0 Å². The fraction of sp³-hybridized carbons (Fsp3) is 0.227. The first kappa shape index (κ1) is 20.0. The lowest BCUT2D eigenvalue weighted by Crippen LogP contribution is -2.25. The van der Waals surface area contributed by atoms with E-state index in [2.05, 4.69) is 25.9 Å². The number of nitrogens with two attached hydrogens (primary N) is 1. The molecule has 9 nitrogen and oxygen atoms in total. The van der Waals surface area contributed by atoms with Crippen molar-refractivity contribution in [1.29, 1.82) is 0 Å². The van der Waals surface area contributed by atoms with E-state index in [1.165, 1.54) is 0 Å². The summed E-state index contributed by atoms with van der Waals surface area (Å²) < 4.78 is 25.4. The minimum atomic E-state index is -0.620. The van der Waals surface area contributed by atoms with E-state index in [-0.39, 0.29) is 23.7 Å². The standard InChI is InChI=1S/C22H21FN6O3/c1-25-21(30)19-13-10-32-18(13)5-3-16(19)28-22-26-9-14(23)20(29-22)27-11-2-4-17-12(8-11)15(24)6-7-31-17/h2-5,8-9,15H,6-7,10,24H2,1H3,(H,25,30)(H2,26,27,28,29). The molecule has 10 heteroatoms. The molecule has 0 saturated carbocycles. The Kier molecular flexibility index (Phi) is 4.98. The van der Waals surface area contributed by atoms with Gasteiger partial charge in [0.25, 0.3) is 5.91 Å². The third-order valence-corrected chi connectivity index (χ3v) is 5.45. The summed E-state index contributed by atoms with van der Waals surface area (Å²) in [5.41, 5.74) is 9.39. The summed E-state index contributed by atoms with van der Waals surface area (Å²) in [4.78, 5) is 20.7. The highest BCUT2D eigenvalue weighted by Gasteiger charge is 2.26. The third-order valence-electron chi connectivity index (χ3n) is 5.45. The van der Waals surface area contributed by atoms with Crippen molar-refractivity contribution in [3.63, 3.8) is 0 Å². The molecule has 2 aliphatic rings. The molecule has 2 aromatic carbocycles. The number of benzene rings is 2. The number of anilines is 4. The number of ether oxygens (including phenoxy) is 2. The second-order valence-corrected chi connectivity index (χ2v) is 7.47. The lowest BCUT2D eigenvalue weighted by atomic mass is 10.0. The second kappa shape index (κ2) is 7.97. The van der Waals surface area contributed by atoms with Crippen LogP contribution in [0.25, 0.3) is 0 Å². The molecule has 1 atom stereocenters. The van der Waals surface area contributed by atoms with Gasteiger partial charge in [0, 0.05) is 36.3 Å². The minimum absolute atomic E-state index is 0.0125. The van der Waals surface area contributed by atoms with Crippen LogP contribution in [0.2, 0.25) is 0 Å². The SMILES string of the molecule is CNC(=O)c1c(Nc2ncc(F)c(Nc3ccc4c(c3)C(N)CCO4)n2)ccc2c1CO2. The van der Waals surface area contributed by atoms with Gasteiger partial charge in [-0.05, 0) is 30.3 Å². The van der Waals surface area contributed by atoms with Crippen molar-refractivity contribution in [2.45, 2.75) is 19.1 Å². The van der Waals surface area contributed by atoms with Crippen LogP contribution >= 0.6 is 0 Å². The number of halogens is 1. The van der Waals surface area contributed by atoms with E-state index in [0.29, 0.717) is 42.3 Å². The average Bonchev–Trinajstić information content (AvgIpc) is 2.77. The fourth-order valence-electron chi connectivity index (χ4n) is 3.74. The van der Waals surface area contributed by atoms with Crippen LogP contribution in [0.15, 0.2) is 36.5 Å². The highest BCUT2D eigenvalue weighted by molar-refractivity contribution is 6.02. The van der Waals surface area contributed by atoms with Crippen LogP contribution in [0.4, 0.5) is 27.5 Å². The van der Waals surface area contributed by atoms with Gasteiger partial charge in [-0.2, -0.15) is 4.98 Å². The molecule has 2 aliphatic heterocycles. The van der Waals surface area contributed by atoms with Gasteiger partial charge in [0.1, 0.15) is 18.1 Å². The zero-order valence-electron chi connectivity index (χ0n) is 17.2. The fourth-order valence-corrected chi connectivity index (χ4v) is 3.74. The Morgan fingerprint density at radius 1 is 1.19 bits per heavy atom. The van der Waals surface area contributed by atoms with E-state index in [1.54, 1.807) is 31.3 Å². The molecular formula is C22H21FN6O3. The van der Waals surface area contributed by atoms with Crippen LogP contribution in [-0.4, -0.2) is 29.5 Å². The van der Waals surface area contributed by atoms with Crippen LogP contribution in [0.5, 0.6) is 11.5 Å². The van der Waals surface area contributed by atoms with Crippen LogP contribution in [0, 0.1) is 5.82 Å². The Balaban J connectivity index is 1.43. The first-order valence-corrected chi connectivity index (χ1v) is 10.1. The summed E-state index contributed by atoms with van der Waals surface area (Å²) in [6.45, 7) is 0.915. The normalized spacial score (nSPS) is 15.9.